The number of alkyl halides is 1. The molecule has 17 heavy (non-hydrogen) atoms. The van der Waals surface area contributed by atoms with Crippen LogP contribution in [0.15, 0.2) is 11.0 Å². The summed E-state index contributed by atoms with van der Waals surface area (Å²) in [4.78, 5) is 15.2. The lowest BCUT2D eigenvalue weighted by Crippen LogP contribution is -2.28. The molecule has 0 spiro atoms. The van der Waals surface area contributed by atoms with Crippen LogP contribution in [0.4, 0.5) is 10.2 Å². The quantitative estimate of drug-likeness (QED) is 0.732. The van der Waals surface area contributed by atoms with Gasteiger partial charge < -0.3 is 15.6 Å². The number of nitrogens with zero attached hydrogens (tertiary/aromatic N) is 2. The Morgan fingerprint density at radius 3 is 3.06 bits per heavy atom. The Morgan fingerprint density at radius 1 is 1.76 bits per heavy atom. The van der Waals surface area contributed by atoms with Crippen LogP contribution in [0.25, 0.3) is 0 Å². The maximum Gasteiger partial charge on any atom is 0.351 e. The molecule has 0 saturated carbocycles. The zero-order chi connectivity index (χ0) is 12.6. The topological polar surface area (TPSA) is 90.4 Å². The zero-order valence-electron chi connectivity index (χ0n) is 8.72. The van der Waals surface area contributed by atoms with Gasteiger partial charge in [0.1, 0.15) is 24.3 Å². The molecule has 1 unspecified atom stereocenters. The fourth-order valence-electron chi connectivity index (χ4n) is 1.69. The molecule has 3 N–H and O–H groups in total. The van der Waals surface area contributed by atoms with E-state index in [1.165, 1.54) is 10.8 Å². The maximum atomic E-state index is 13.4. The van der Waals surface area contributed by atoms with E-state index in [9.17, 15) is 9.18 Å². The molecule has 2 rings (SSSR count). The highest BCUT2D eigenvalue weighted by Gasteiger charge is 2.36. The molecule has 1 aliphatic heterocycles. The second kappa shape index (κ2) is 4.86. The number of nitrogens with two attached hydrogens (primary N) is 1. The number of halogens is 2. The minimum Gasteiger partial charge on any atom is -0.394 e. The normalized spacial score (nSPS) is 28.5. The van der Waals surface area contributed by atoms with E-state index in [4.69, 9.17) is 15.6 Å². The molecule has 0 aliphatic carbocycles. The Labute approximate surface area is 110 Å². The third-order valence-electron chi connectivity index (χ3n) is 2.59. The van der Waals surface area contributed by atoms with Crippen LogP contribution in [0.5, 0.6) is 0 Å². The van der Waals surface area contributed by atoms with Gasteiger partial charge in [-0.15, -0.1) is 0 Å². The van der Waals surface area contributed by atoms with Gasteiger partial charge >= 0.3 is 5.69 Å². The molecular formula is C9H11FIN3O3. The predicted octanol–water partition coefficient (Wildman–Crippen LogP) is 0.0480. The van der Waals surface area contributed by atoms with Crippen molar-refractivity contribution in [2.24, 2.45) is 0 Å². The van der Waals surface area contributed by atoms with Gasteiger partial charge in [-0.05, 0) is 22.6 Å². The minimum absolute atomic E-state index is 0.0206. The Kier molecular flexibility index (Phi) is 3.64. The van der Waals surface area contributed by atoms with Crippen LogP contribution in [0.2, 0.25) is 0 Å². The summed E-state index contributed by atoms with van der Waals surface area (Å²) in [6.45, 7) is -0.411. The van der Waals surface area contributed by atoms with Gasteiger partial charge in [0.25, 0.3) is 0 Å². The summed E-state index contributed by atoms with van der Waals surface area (Å²) in [6, 6.07) is 0. The van der Waals surface area contributed by atoms with Crippen LogP contribution in [0.1, 0.15) is 12.6 Å². The Balaban J connectivity index is 2.30. The van der Waals surface area contributed by atoms with Crippen molar-refractivity contribution < 1.29 is 14.2 Å². The highest BCUT2D eigenvalue weighted by molar-refractivity contribution is 14.1. The van der Waals surface area contributed by atoms with Crippen molar-refractivity contribution in [3.8, 4) is 0 Å². The minimum atomic E-state index is -1.29. The average molecular weight is 355 g/mol. The summed E-state index contributed by atoms with van der Waals surface area (Å²) in [5, 5.41) is 8.88. The third kappa shape index (κ3) is 2.43. The van der Waals surface area contributed by atoms with Gasteiger partial charge in [0.05, 0.1) is 10.2 Å². The summed E-state index contributed by atoms with van der Waals surface area (Å²) in [7, 11) is 0. The van der Waals surface area contributed by atoms with E-state index in [0.29, 0.717) is 3.57 Å². The number of rotatable bonds is 2. The Hall–Kier alpha value is -0.740. The van der Waals surface area contributed by atoms with Gasteiger partial charge in [-0.2, -0.15) is 4.98 Å². The SMILES string of the molecule is Nc1nc(=O)n([C@H]2CC(F)[C@@H](CO)O2)cc1I. The molecule has 1 aromatic heterocycles. The van der Waals surface area contributed by atoms with Crippen molar-refractivity contribution in [2.45, 2.75) is 24.9 Å². The first-order chi connectivity index (χ1) is 8.02. The van der Waals surface area contributed by atoms with Crippen LogP contribution < -0.4 is 11.4 Å². The second-order valence-corrected chi connectivity index (χ2v) is 4.89. The first kappa shape index (κ1) is 12.7. The van der Waals surface area contributed by atoms with Crippen molar-refractivity contribution in [2.75, 3.05) is 12.3 Å². The fraction of sp³-hybridized carbons (Fsp3) is 0.556. The van der Waals surface area contributed by atoms with Gasteiger partial charge in [-0.1, -0.05) is 0 Å². The number of aliphatic hydroxyl groups is 1. The van der Waals surface area contributed by atoms with Gasteiger partial charge in [0.2, 0.25) is 0 Å². The summed E-state index contributed by atoms with van der Waals surface area (Å²) in [6.07, 6.45) is -1.42. The molecule has 0 radical (unpaired) electrons. The van der Waals surface area contributed by atoms with Crippen LogP contribution in [0, 0.1) is 3.57 Å². The number of aliphatic hydroxyl groups excluding tert-OH is 1. The highest BCUT2D eigenvalue weighted by atomic mass is 127. The number of aromatic nitrogens is 2. The van der Waals surface area contributed by atoms with Gasteiger partial charge in [-0.25, -0.2) is 9.18 Å². The molecule has 94 valence electrons. The molecule has 0 bridgehead atoms. The van der Waals surface area contributed by atoms with Gasteiger partial charge in [-0.3, -0.25) is 4.57 Å². The molecule has 6 nitrogen and oxygen atoms in total. The number of anilines is 1. The molecule has 1 aromatic rings. The molecule has 3 atom stereocenters. The average Bonchev–Trinajstić information content (AvgIpc) is 2.65. The zero-order valence-corrected chi connectivity index (χ0v) is 10.9. The smallest absolute Gasteiger partial charge is 0.351 e. The first-order valence-electron chi connectivity index (χ1n) is 4.97. The number of hydrogen-bond acceptors (Lipinski definition) is 5. The van der Waals surface area contributed by atoms with Crippen molar-refractivity contribution in [3.63, 3.8) is 0 Å². The first-order valence-corrected chi connectivity index (χ1v) is 6.05. The van der Waals surface area contributed by atoms with E-state index >= 15 is 0 Å². The molecule has 8 heteroatoms. The largest absolute Gasteiger partial charge is 0.394 e. The molecule has 1 fully saturated rings. The monoisotopic (exact) mass is 355 g/mol. The van der Waals surface area contributed by atoms with E-state index in [0.717, 1.165) is 0 Å². The van der Waals surface area contributed by atoms with Crippen LogP contribution in [0.3, 0.4) is 0 Å². The summed E-state index contributed by atoms with van der Waals surface area (Å²) >= 11 is 1.93. The maximum absolute atomic E-state index is 13.4. The Bertz CT molecular complexity index is 481. The lowest BCUT2D eigenvalue weighted by molar-refractivity contribution is -0.0356. The van der Waals surface area contributed by atoms with Crippen molar-refractivity contribution in [1.82, 2.24) is 9.55 Å². The standard InChI is InChI=1S/C9H11FIN3O3/c10-4-1-7(17-6(4)3-15)14-2-5(11)8(12)13-9(14)16/h2,4,6-7,15H,1,3H2,(H2,12,13,16)/t4?,6-,7-/m1/s1. The fourth-order valence-corrected chi connectivity index (χ4v) is 2.11. The summed E-state index contributed by atoms with van der Waals surface area (Å²) in [5.74, 6) is 0.139. The molecule has 0 aromatic carbocycles. The highest BCUT2D eigenvalue weighted by Crippen LogP contribution is 2.30. The Morgan fingerprint density at radius 2 is 2.47 bits per heavy atom. The van der Waals surface area contributed by atoms with E-state index in [2.05, 4.69) is 4.98 Å². The third-order valence-corrected chi connectivity index (χ3v) is 3.42. The summed E-state index contributed by atoms with van der Waals surface area (Å²) < 4.78 is 20.4. The van der Waals surface area contributed by atoms with Crippen molar-refractivity contribution >= 4 is 28.4 Å². The van der Waals surface area contributed by atoms with E-state index in [1.54, 1.807) is 0 Å². The summed E-state index contributed by atoms with van der Waals surface area (Å²) in [5.41, 5.74) is 4.90. The lowest BCUT2D eigenvalue weighted by atomic mass is 10.2. The second-order valence-electron chi connectivity index (χ2n) is 3.73. The number of hydrogen-bond donors (Lipinski definition) is 2. The molecule has 1 aliphatic rings. The van der Waals surface area contributed by atoms with Crippen LogP contribution in [-0.4, -0.2) is 33.5 Å². The van der Waals surface area contributed by atoms with E-state index in [-0.39, 0.29) is 12.2 Å². The predicted molar refractivity (Wildman–Crippen MR) is 66.1 cm³/mol. The molecule has 2 heterocycles. The van der Waals surface area contributed by atoms with Crippen molar-refractivity contribution in [1.29, 1.82) is 0 Å². The van der Waals surface area contributed by atoms with Crippen LogP contribution in [-0.2, 0) is 4.74 Å². The molecule has 0 amide bonds. The number of nitrogen functional groups attached to an aromatic ring is 1. The van der Waals surface area contributed by atoms with E-state index in [1.807, 2.05) is 22.6 Å². The lowest BCUT2D eigenvalue weighted by Gasteiger charge is -2.14. The van der Waals surface area contributed by atoms with Crippen LogP contribution >= 0.6 is 22.6 Å². The van der Waals surface area contributed by atoms with Gasteiger partial charge in [0.15, 0.2) is 0 Å². The molecular weight excluding hydrogens is 344 g/mol. The number of ether oxygens (including phenoxy) is 1. The van der Waals surface area contributed by atoms with Gasteiger partial charge in [0, 0.05) is 12.6 Å². The molecule has 1 saturated heterocycles. The van der Waals surface area contributed by atoms with Crippen molar-refractivity contribution in [3.05, 3.63) is 20.3 Å². The van der Waals surface area contributed by atoms with E-state index < -0.39 is 30.8 Å².